The lowest BCUT2D eigenvalue weighted by Crippen LogP contribution is -2.17. The van der Waals surface area contributed by atoms with Crippen LogP contribution in [0.3, 0.4) is 0 Å². The minimum Gasteiger partial charge on any atom is -0.0594 e. The van der Waals surface area contributed by atoms with Crippen molar-refractivity contribution in [2.45, 2.75) is 46.0 Å². The van der Waals surface area contributed by atoms with Gasteiger partial charge >= 0.3 is 0 Å². The van der Waals surface area contributed by atoms with Crippen molar-refractivity contribution in [3.63, 3.8) is 0 Å². The Morgan fingerprint density at radius 1 is 0.889 bits per heavy atom. The van der Waals surface area contributed by atoms with E-state index in [-0.39, 0.29) is 0 Å². The van der Waals surface area contributed by atoms with Crippen LogP contribution in [-0.4, -0.2) is 0 Å². The highest BCUT2D eigenvalue weighted by molar-refractivity contribution is 5.06. The maximum absolute atomic E-state index is 2.45. The van der Waals surface area contributed by atoms with E-state index in [1.54, 1.807) is 0 Å². The molecule has 0 heterocycles. The van der Waals surface area contributed by atoms with Crippen molar-refractivity contribution < 1.29 is 0 Å². The molecule has 52 valence electrons. The van der Waals surface area contributed by atoms with Crippen LogP contribution in [0, 0.1) is 10.8 Å². The smallest absolute Gasteiger partial charge is 0.0246 e. The van der Waals surface area contributed by atoms with Crippen molar-refractivity contribution in [1.82, 2.24) is 0 Å². The van der Waals surface area contributed by atoms with Crippen LogP contribution < -0.4 is 0 Å². The summed E-state index contributed by atoms with van der Waals surface area (Å²) in [4.78, 5) is 0. The van der Waals surface area contributed by atoms with E-state index < -0.39 is 0 Å². The van der Waals surface area contributed by atoms with Gasteiger partial charge in [-0.15, -0.1) is 0 Å². The molecule has 0 saturated heterocycles. The summed E-state index contributed by atoms with van der Waals surface area (Å²) < 4.78 is 0. The predicted molar refractivity (Wildman–Crippen MR) is 39.3 cm³/mol. The summed E-state index contributed by atoms with van der Waals surface area (Å²) in [7, 11) is 0. The van der Waals surface area contributed by atoms with Crippen molar-refractivity contribution in [2.75, 3.05) is 0 Å². The third kappa shape index (κ3) is 0.595. The Morgan fingerprint density at radius 3 is 1.78 bits per heavy atom. The highest BCUT2D eigenvalue weighted by Gasteiger charge is 2.56. The Bertz CT molecular complexity index is 125. The molecule has 0 aromatic rings. The van der Waals surface area contributed by atoms with Crippen LogP contribution in [0.5, 0.6) is 0 Å². The maximum atomic E-state index is 2.45. The fourth-order valence-electron chi connectivity index (χ4n) is 2.55. The molecule has 0 bridgehead atoms. The number of rotatable bonds is 0. The summed E-state index contributed by atoms with van der Waals surface area (Å²) in [6.45, 7) is 4.90. The van der Waals surface area contributed by atoms with E-state index >= 15 is 0 Å². The second-order valence-corrected chi connectivity index (χ2v) is 4.52. The molecule has 0 heteroatoms. The molecule has 0 amide bonds. The van der Waals surface area contributed by atoms with E-state index in [1.165, 1.54) is 32.1 Å². The molecule has 1 spiro atoms. The molecule has 0 N–H and O–H groups in total. The standard InChI is InChI=1S/C9H16/c1-8(2)4-3-5-9(8)6-7-9/h3-7H2,1-2H3. The van der Waals surface area contributed by atoms with Crippen LogP contribution in [0.1, 0.15) is 46.0 Å². The van der Waals surface area contributed by atoms with E-state index in [0.29, 0.717) is 5.41 Å². The Morgan fingerprint density at radius 2 is 1.56 bits per heavy atom. The fraction of sp³-hybridized carbons (Fsp3) is 1.00. The van der Waals surface area contributed by atoms with Crippen LogP contribution in [0.15, 0.2) is 0 Å². The van der Waals surface area contributed by atoms with Gasteiger partial charge in [0.2, 0.25) is 0 Å². The van der Waals surface area contributed by atoms with Gasteiger partial charge < -0.3 is 0 Å². The van der Waals surface area contributed by atoms with Gasteiger partial charge in [-0.2, -0.15) is 0 Å². The van der Waals surface area contributed by atoms with Gasteiger partial charge in [0.1, 0.15) is 0 Å². The van der Waals surface area contributed by atoms with E-state index in [2.05, 4.69) is 13.8 Å². The topological polar surface area (TPSA) is 0 Å². The molecular formula is C9H16. The molecule has 0 aromatic heterocycles. The molecule has 0 radical (unpaired) electrons. The lowest BCUT2D eigenvalue weighted by Gasteiger charge is -2.26. The molecule has 2 aliphatic carbocycles. The van der Waals surface area contributed by atoms with Crippen LogP contribution in [0.2, 0.25) is 0 Å². The second kappa shape index (κ2) is 1.36. The molecule has 2 rings (SSSR count). The predicted octanol–water partition coefficient (Wildman–Crippen LogP) is 2.98. The van der Waals surface area contributed by atoms with Crippen molar-refractivity contribution in [1.29, 1.82) is 0 Å². The van der Waals surface area contributed by atoms with E-state index in [0.717, 1.165) is 5.41 Å². The summed E-state index contributed by atoms with van der Waals surface area (Å²) in [5.74, 6) is 0. The zero-order valence-corrected chi connectivity index (χ0v) is 6.54. The highest BCUT2D eigenvalue weighted by Crippen LogP contribution is 2.67. The third-order valence-electron chi connectivity index (χ3n) is 3.75. The molecule has 0 nitrogen and oxygen atoms in total. The van der Waals surface area contributed by atoms with Crippen molar-refractivity contribution in [3.8, 4) is 0 Å². The van der Waals surface area contributed by atoms with Gasteiger partial charge in [-0.05, 0) is 36.5 Å². The Kier molecular flexibility index (Phi) is 0.868. The zero-order valence-electron chi connectivity index (χ0n) is 6.54. The average Bonchev–Trinajstić information content (AvgIpc) is 2.41. The van der Waals surface area contributed by atoms with Gasteiger partial charge in [0.05, 0.1) is 0 Å². The molecule has 0 aliphatic heterocycles. The first-order valence-corrected chi connectivity index (χ1v) is 4.16. The van der Waals surface area contributed by atoms with Gasteiger partial charge in [-0.3, -0.25) is 0 Å². The molecule has 0 atom stereocenters. The normalized spacial score (nSPS) is 35.3. The molecule has 2 saturated carbocycles. The average molecular weight is 124 g/mol. The van der Waals surface area contributed by atoms with Gasteiger partial charge in [0.25, 0.3) is 0 Å². The van der Waals surface area contributed by atoms with Crippen molar-refractivity contribution in [3.05, 3.63) is 0 Å². The van der Waals surface area contributed by atoms with Gasteiger partial charge in [0, 0.05) is 0 Å². The Labute approximate surface area is 57.6 Å². The Balaban J connectivity index is 2.23. The summed E-state index contributed by atoms with van der Waals surface area (Å²) in [5, 5.41) is 0. The van der Waals surface area contributed by atoms with Crippen molar-refractivity contribution in [2.24, 2.45) is 10.8 Å². The molecule has 0 unspecified atom stereocenters. The number of hydrogen-bond acceptors (Lipinski definition) is 0. The van der Waals surface area contributed by atoms with Gasteiger partial charge in [-0.25, -0.2) is 0 Å². The minimum atomic E-state index is 0.701. The summed E-state index contributed by atoms with van der Waals surface area (Å²) in [5.41, 5.74) is 1.54. The zero-order chi connectivity index (χ0) is 6.54. The quantitative estimate of drug-likeness (QED) is 0.465. The van der Waals surface area contributed by atoms with E-state index in [9.17, 15) is 0 Å². The second-order valence-electron chi connectivity index (χ2n) is 4.52. The molecule has 0 aromatic carbocycles. The number of hydrogen-bond donors (Lipinski definition) is 0. The molecule has 2 aliphatic rings. The van der Waals surface area contributed by atoms with Crippen LogP contribution >= 0.6 is 0 Å². The molecular weight excluding hydrogens is 108 g/mol. The maximum Gasteiger partial charge on any atom is -0.0246 e. The first-order chi connectivity index (χ1) is 4.16. The molecule has 2 fully saturated rings. The summed E-state index contributed by atoms with van der Waals surface area (Å²) in [6.07, 6.45) is 7.56. The summed E-state index contributed by atoms with van der Waals surface area (Å²) in [6, 6.07) is 0. The first kappa shape index (κ1) is 5.76. The lowest BCUT2D eigenvalue weighted by molar-refractivity contribution is 0.236. The lowest BCUT2D eigenvalue weighted by atomic mass is 9.79. The van der Waals surface area contributed by atoms with Crippen LogP contribution in [0.25, 0.3) is 0 Å². The third-order valence-corrected chi connectivity index (χ3v) is 3.75. The minimum absolute atomic E-state index is 0.701. The SMILES string of the molecule is CC1(C)CCCC12CC2. The van der Waals surface area contributed by atoms with Crippen LogP contribution in [0.4, 0.5) is 0 Å². The first-order valence-electron chi connectivity index (χ1n) is 4.16. The van der Waals surface area contributed by atoms with Gasteiger partial charge in [0.15, 0.2) is 0 Å². The highest BCUT2D eigenvalue weighted by atomic mass is 14.6. The Hall–Kier alpha value is 0. The molecule has 9 heavy (non-hydrogen) atoms. The fourth-order valence-corrected chi connectivity index (χ4v) is 2.55. The van der Waals surface area contributed by atoms with Crippen LogP contribution in [-0.2, 0) is 0 Å². The van der Waals surface area contributed by atoms with Gasteiger partial charge in [-0.1, -0.05) is 20.3 Å². The van der Waals surface area contributed by atoms with Crippen molar-refractivity contribution >= 4 is 0 Å². The summed E-state index contributed by atoms with van der Waals surface area (Å²) >= 11 is 0. The largest absolute Gasteiger partial charge is 0.0594 e. The van der Waals surface area contributed by atoms with E-state index in [4.69, 9.17) is 0 Å². The van der Waals surface area contributed by atoms with E-state index in [1.807, 2.05) is 0 Å². The monoisotopic (exact) mass is 124 g/mol.